The number of halogens is 2. The third kappa shape index (κ3) is 5.29. The molecule has 0 unspecified atom stereocenters. The van der Waals surface area contributed by atoms with E-state index in [0.717, 1.165) is 56.7 Å². The predicted octanol–water partition coefficient (Wildman–Crippen LogP) is 4.17. The number of aliphatic imine (C=N–C) groups is 1. The first-order chi connectivity index (χ1) is 15.1. The number of nitrogens with zero attached hydrogens (tertiary/aromatic N) is 4. The highest BCUT2D eigenvalue weighted by atomic mass is 19.1. The minimum atomic E-state index is -0.711. The highest BCUT2D eigenvalue weighted by Crippen LogP contribution is 2.26. The number of ether oxygens (including phenoxy) is 2. The standard InChI is InChI=1S/C23H28F2N4O2/c1-2-16-14-27-23(28-15-16)29-8-5-17(6-9-29)4-3-10-30-18-12-19(24)21(20(25)13-18)22-26-7-11-31-22/h12-15,17H,2-11H2,1H3. The molecule has 2 aliphatic rings. The van der Waals surface area contributed by atoms with E-state index in [-0.39, 0.29) is 17.2 Å². The fraction of sp³-hybridized carbons (Fsp3) is 0.522. The van der Waals surface area contributed by atoms with Crippen molar-refractivity contribution in [3.63, 3.8) is 0 Å². The summed E-state index contributed by atoms with van der Waals surface area (Å²) in [5, 5.41) is 0. The van der Waals surface area contributed by atoms with Crippen LogP contribution in [0.3, 0.4) is 0 Å². The third-order valence-electron chi connectivity index (χ3n) is 5.84. The molecule has 3 heterocycles. The van der Waals surface area contributed by atoms with E-state index in [2.05, 4.69) is 26.8 Å². The molecule has 2 aromatic rings. The molecular weight excluding hydrogens is 402 g/mol. The molecule has 6 nitrogen and oxygen atoms in total. The Morgan fingerprint density at radius 1 is 1.13 bits per heavy atom. The second-order valence-corrected chi connectivity index (χ2v) is 7.96. The molecule has 166 valence electrons. The summed E-state index contributed by atoms with van der Waals surface area (Å²) in [5.74, 6) is 0.220. The Morgan fingerprint density at radius 2 is 1.84 bits per heavy atom. The van der Waals surface area contributed by atoms with Crippen molar-refractivity contribution in [1.82, 2.24) is 9.97 Å². The van der Waals surface area contributed by atoms with Gasteiger partial charge in [-0.25, -0.2) is 23.7 Å². The van der Waals surface area contributed by atoms with Crippen LogP contribution in [0.4, 0.5) is 14.7 Å². The van der Waals surface area contributed by atoms with Gasteiger partial charge in [0.1, 0.15) is 29.6 Å². The van der Waals surface area contributed by atoms with Gasteiger partial charge < -0.3 is 14.4 Å². The average Bonchev–Trinajstić information content (AvgIpc) is 3.31. The SMILES string of the molecule is CCc1cnc(N2CCC(CCCOc3cc(F)c(C4=NCCO4)c(F)c3)CC2)nc1. The van der Waals surface area contributed by atoms with Gasteiger partial charge in [-0.05, 0) is 43.6 Å². The van der Waals surface area contributed by atoms with Crippen LogP contribution >= 0.6 is 0 Å². The summed E-state index contributed by atoms with van der Waals surface area (Å²) in [6, 6.07) is 2.40. The van der Waals surface area contributed by atoms with Crippen LogP contribution in [0.25, 0.3) is 0 Å². The van der Waals surface area contributed by atoms with E-state index in [1.165, 1.54) is 12.1 Å². The fourth-order valence-electron chi connectivity index (χ4n) is 4.00. The van der Waals surface area contributed by atoms with Crippen molar-refractivity contribution in [3.8, 4) is 5.75 Å². The Balaban J connectivity index is 1.20. The number of aryl methyl sites for hydroxylation is 1. The second-order valence-electron chi connectivity index (χ2n) is 7.96. The summed E-state index contributed by atoms with van der Waals surface area (Å²) in [6.07, 6.45) is 8.77. The lowest BCUT2D eigenvalue weighted by molar-refractivity contribution is 0.276. The van der Waals surface area contributed by atoms with Crippen molar-refractivity contribution < 1.29 is 18.3 Å². The maximum atomic E-state index is 14.3. The van der Waals surface area contributed by atoms with Crippen LogP contribution in [0.2, 0.25) is 0 Å². The minimum absolute atomic E-state index is 0.0274. The van der Waals surface area contributed by atoms with Gasteiger partial charge >= 0.3 is 0 Å². The number of rotatable bonds is 8. The summed E-state index contributed by atoms with van der Waals surface area (Å²) < 4.78 is 39.3. The number of anilines is 1. The second kappa shape index (κ2) is 10.0. The Morgan fingerprint density at radius 3 is 2.45 bits per heavy atom. The van der Waals surface area contributed by atoms with Crippen LogP contribution in [0.5, 0.6) is 5.75 Å². The molecule has 4 rings (SSSR count). The van der Waals surface area contributed by atoms with Crippen molar-refractivity contribution in [2.75, 3.05) is 37.7 Å². The van der Waals surface area contributed by atoms with Crippen molar-refractivity contribution >= 4 is 11.8 Å². The fourth-order valence-corrected chi connectivity index (χ4v) is 4.00. The van der Waals surface area contributed by atoms with Gasteiger partial charge in [-0.3, -0.25) is 0 Å². The molecule has 1 saturated heterocycles. The van der Waals surface area contributed by atoms with E-state index in [9.17, 15) is 8.78 Å². The van der Waals surface area contributed by atoms with Crippen LogP contribution in [-0.4, -0.2) is 48.7 Å². The van der Waals surface area contributed by atoms with Gasteiger partial charge in [0.2, 0.25) is 11.8 Å². The molecule has 0 N–H and O–H groups in total. The molecule has 0 spiro atoms. The van der Waals surface area contributed by atoms with Crippen LogP contribution < -0.4 is 9.64 Å². The van der Waals surface area contributed by atoms with Gasteiger partial charge in [-0.15, -0.1) is 0 Å². The zero-order valence-corrected chi connectivity index (χ0v) is 17.8. The maximum absolute atomic E-state index is 14.3. The topological polar surface area (TPSA) is 59.8 Å². The molecule has 2 aliphatic heterocycles. The molecule has 0 aliphatic carbocycles. The van der Waals surface area contributed by atoms with Gasteiger partial charge in [-0.2, -0.15) is 0 Å². The number of piperidine rings is 1. The van der Waals surface area contributed by atoms with Gasteiger partial charge in [0.05, 0.1) is 13.2 Å². The van der Waals surface area contributed by atoms with Crippen molar-refractivity contribution in [1.29, 1.82) is 0 Å². The lowest BCUT2D eigenvalue weighted by atomic mass is 9.92. The highest BCUT2D eigenvalue weighted by molar-refractivity contribution is 5.95. The molecule has 1 aromatic heterocycles. The quantitative estimate of drug-likeness (QED) is 0.589. The van der Waals surface area contributed by atoms with E-state index in [1.807, 2.05) is 12.4 Å². The molecule has 8 heteroatoms. The van der Waals surface area contributed by atoms with E-state index >= 15 is 0 Å². The van der Waals surface area contributed by atoms with E-state index in [0.29, 0.717) is 25.7 Å². The molecule has 0 amide bonds. The monoisotopic (exact) mass is 430 g/mol. The Labute approximate surface area is 181 Å². The van der Waals surface area contributed by atoms with E-state index in [4.69, 9.17) is 9.47 Å². The van der Waals surface area contributed by atoms with Crippen molar-refractivity contribution in [2.24, 2.45) is 10.9 Å². The molecular formula is C23H28F2N4O2. The molecule has 0 bridgehead atoms. The minimum Gasteiger partial charge on any atom is -0.493 e. The van der Waals surface area contributed by atoms with Crippen molar-refractivity contribution in [3.05, 3.63) is 47.3 Å². The van der Waals surface area contributed by atoms with Crippen molar-refractivity contribution in [2.45, 2.75) is 39.0 Å². The Kier molecular flexibility index (Phi) is 6.94. The number of hydrogen-bond donors (Lipinski definition) is 0. The Hall–Kier alpha value is -2.77. The summed E-state index contributed by atoms with van der Waals surface area (Å²) in [6.45, 7) is 5.18. The van der Waals surface area contributed by atoms with Gasteiger partial charge in [-0.1, -0.05) is 6.92 Å². The largest absolute Gasteiger partial charge is 0.493 e. The third-order valence-corrected chi connectivity index (χ3v) is 5.84. The predicted molar refractivity (Wildman–Crippen MR) is 115 cm³/mol. The van der Waals surface area contributed by atoms with Crippen LogP contribution in [-0.2, 0) is 11.2 Å². The number of aromatic nitrogens is 2. The number of hydrogen-bond acceptors (Lipinski definition) is 6. The number of benzene rings is 1. The first-order valence-corrected chi connectivity index (χ1v) is 11.0. The first-order valence-electron chi connectivity index (χ1n) is 11.0. The normalized spacial score (nSPS) is 16.9. The van der Waals surface area contributed by atoms with Crippen LogP contribution in [0.15, 0.2) is 29.5 Å². The molecule has 1 aromatic carbocycles. The summed E-state index contributed by atoms with van der Waals surface area (Å²) in [4.78, 5) is 15.2. The summed E-state index contributed by atoms with van der Waals surface area (Å²) >= 11 is 0. The summed E-state index contributed by atoms with van der Waals surface area (Å²) in [7, 11) is 0. The molecule has 0 radical (unpaired) electrons. The maximum Gasteiger partial charge on any atom is 0.225 e. The lowest BCUT2D eigenvalue weighted by Gasteiger charge is -2.32. The molecule has 0 saturated carbocycles. The first kappa shape index (κ1) is 21.5. The highest BCUT2D eigenvalue weighted by Gasteiger charge is 2.22. The summed E-state index contributed by atoms with van der Waals surface area (Å²) in [5.41, 5.74) is 0.929. The smallest absolute Gasteiger partial charge is 0.225 e. The lowest BCUT2D eigenvalue weighted by Crippen LogP contribution is -2.35. The van der Waals surface area contributed by atoms with Gasteiger partial charge in [0, 0.05) is 37.6 Å². The molecule has 1 fully saturated rings. The zero-order valence-electron chi connectivity index (χ0n) is 17.8. The zero-order chi connectivity index (χ0) is 21.6. The van der Waals surface area contributed by atoms with Crippen LogP contribution in [0, 0.1) is 17.6 Å². The van der Waals surface area contributed by atoms with E-state index in [1.54, 1.807) is 0 Å². The average molecular weight is 430 g/mol. The van der Waals surface area contributed by atoms with E-state index < -0.39 is 11.6 Å². The van der Waals surface area contributed by atoms with Gasteiger partial charge in [0.25, 0.3) is 0 Å². The molecule has 31 heavy (non-hydrogen) atoms. The molecule has 0 atom stereocenters. The van der Waals surface area contributed by atoms with Gasteiger partial charge in [0.15, 0.2) is 0 Å². The van der Waals surface area contributed by atoms with Crippen LogP contribution in [0.1, 0.15) is 43.7 Å². The Bertz CT molecular complexity index is 889.